The second-order valence-electron chi connectivity index (χ2n) is 2.91. The molecule has 0 radical (unpaired) electrons. The zero-order valence-electron chi connectivity index (χ0n) is 7.98. The quantitative estimate of drug-likeness (QED) is 0.449. The van der Waals surface area contributed by atoms with E-state index in [0.717, 1.165) is 25.9 Å². The monoisotopic (exact) mass is 283 g/mol. The third-order valence-corrected chi connectivity index (χ3v) is 8.64. The molecular weight excluding hydrogens is 265 g/mol. The standard InChI is InChI=1S/C9H18INO/c1-3-10(4-2)11-7-5-9(12)6-8-11/h3-8H2,1-2H3. The van der Waals surface area contributed by atoms with Gasteiger partial charge in [-0.2, -0.15) is 0 Å². The van der Waals surface area contributed by atoms with Gasteiger partial charge in [-0.25, -0.2) is 0 Å². The van der Waals surface area contributed by atoms with Crippen LogP contribution >= 0.6 is 20.1 Å². The van der Waals surface area contributed by atoms with Gasteiger partial charge in [-0.3, -0.25) is 0 Å². The van der Waals surface area contributed by atoms with Gasteiger partial charge in [0, 0.05) is 0 Å². The Bertz CT molecular complexity index is 147. The third kappa shape index (κ3) is 2.69. The fraction of sp³-hybridized carbons (Fsp3) is 0.889. The molecule has 0 unspecified atom stereocenters. The average Bonchev–Trinajstić information content (AvgIpc) is 2.10. The van der Waals surface area contributed by atoms with E-state index >= 15 is 0 Å². The summed E-state index contributed by atoms with van der Waals surface area (Å²) in [5.74, 6) is 0.467. The number of ketones is 1. The summed E-state index contributed by atoms with van der Waals surface area (Å²) in [6, 6.07) is 0. The van der Waals surface area contributed by atoms with Gasteiger partial charge in [0.05, 0.1) is 0 Å². The van der Waals surface area contributed by atoms with E-state index in [-0.39, 0.29) is 0 Å². The Hall–Kier alpha value is 0.360. The Kier molecular flexibility index (Phi) is 4.50. The first-order valence-electron chi connectivity index (χ1n) is 4.66. The van der Waals surface area contributed by atoms with Gasteiger partial charge in [-0.1, -0.05) is 0 Å². The van der Waals surface area contributed by atoms with Crippen molar-refractivity contribution >= 4 is 25.9 Å². The van der Waals surface area contributed by atoms with Crippen LogP contribution in [-0.4, -0.2) is 30.8 Å². The van der Waals surface area contributed by atoms with Gasteiger partial charge in [-0.15, -0.1) is 0 Å². The Labute approximate surface area is 82.4 Å². The molecule has 0 N–H and O–H groups in total. The average molecular weight is 283 g/mol. The van der Waals surface area contributed by atoms with Crippen LogP contribution in [0.25, 0.3) is 0 Å². The van der Waals surface area contributed by atoms with E-state index in [1.807, 2.05) is 0 Å². The van der Waals surface area contributed by atoms with Crippen LogP contribution in [0.2, 0.25) is 0 Å². The fourth-order valence-corrected chi connectivity index (χ4v) is 6.35. The molecule has 1 aliphatic heterocycles. The number of piperidine rings is 1. The van der Waals surface area contributed by atoms with Gasteiger partial charge >= 0.3 is 82.4 Å². The van der Waals surface area contributed by atoms with Crippen molar-refractivity contribution in [3.63, 3.8) is 0 Å². The van der Waals surface area contributed by atoms with Crippen LogP contribution in [0.3, 0.4) is 0 Å². The van der Waals surface area contributed by atoms with Crippen LogP contribution in [0.15, 0.2) is 0 Å². The summed E-state index contributed by atoms with van der Waals surface area (Å²) < 4.78 is 5.36. The summed E-state index contributed by atoms with van der Waals surface area (Å²) in [5.41, 5.74) is 0. The first-order chi connectivity index (χ1) is 5.77. The van der Waals surface area contributed by atoms with Crippen LogP contribution in [0.5, 0.6) is 0 Å². The van der Waals surface area contributed by atoms with Crippen LogP contribution < -0.4 is 0 Å². The molecule has 0 aliphatic carbocycles. The van der Waals surface area contributed by atoms with E-state index in [1.165, 1.54) is 8.86 Å². The molecule has 0 aromatic heterocycles. The number of alkyl halides is 2. The molecule has 1 saturated heterocycles. The first-order valence-corrected chi connectivity index (χ1v) is 8.68. The molecule has 1 rings (SSSR count). The van der Waals surface area contributed by atoms with E-state index in [0.29, 0.717) is 5.78 Å². The van der Waals surface area contributed by atoms with Crippen molar-refractivity contribution in [3.8, 4) is 0 Å². The molecule has 0 aromatic carbocycles. The summed E-state index contributed by atoms with van der Waals surface area (Å²) in [6.07, 6.45) is 1.63. The van der Waals surface area contributed by atoms with Crippen molar-refractivity contribution in [1.29, 1.82) is 0 Å². The van der Waals surface area contributed by atoms with Gasteiger partial charge in [0.25, 0.3) is 0 Å². The number of rotatable bonds is 3. The van der Waals surface area contributed by atoms with Crippen molar-refractivity contribution in [1.82, 2.24) is 3.11 Å². The van der Waals surface area contributed by atoms with Crippen molar-refractivity contribution in [3.05, 3.63) is 0 Å². The van der Waals surface area contributed by atoms with Crippen molar-refractivity contribution in [2.75, 3.05) is 21.9 Å². The maximum absolute atomic E-state index is 11.0. The number of hydrogen-bond donors (Lipinski definition) is 0. The van der Waals surface area contributed by atoms with E-state index in [2.05, 4.69) is 17.0 Å². The molecule has 0 bridgehead atoms. The van der Waals surface area contributed by atoms with E-state index in [4.69, 9.17) is 0 Å². The molecule has 12 heavy (non-hydrogen) atoms. The number of halogens is 1. The summed E-state index contributed by atoms with van der Waals surface area (Å²) in [5, 5.41) is 0. The predicted octanol–water partition coefficient (Wildman–Crippen LogP) is 2.11. The zero-order valence-corrected chi connectivity index (χ0v) is 10.1. The maximum atomic E-state index is 11.0. The van der Waals surface area contributed by atoms with Crippen LogP contribution in [-0.2, 0) is 4.79 Å². The number of hydrogen-bond acceptors (Lipinski definition) is 2. The van der Waals surface area contributed by atoms with Gasteiger partial charge < -0.3 is 0 Å². The van der Waals surface area contributed by atoms with E-state index < -0.39 is 20.1 Å². The fourth-order valence-electron chi connectivity index (χ4n) is 1.49. The molecular formula is C9H18INO. The molecule has 0 aromatic rings. The Balaban J connectivity index is 2.37. The summed E-state index contributed by atoms with van der Waals surface area (Å²) in [6.45, 7) is 6.71. The number of carbonyl (C=O) groups excluding carboxylic acids is 1. The molecule has 1 fully saturated rings. The topological polar surface area (TPSA) is 20.3 Å². The summed E-state index contributed by atoms with van der Waals surface area (Å²) in [7, 11) is 0. The van der Waals surface area contributed by atoms with Gasteiger partial charge in [0.2, 0.25) is 0 Å². The molecule has 3 heteroatoms. The van der Waals surface area contributed by atoms with Crippen molar-refractivity contribution in [2.24, 2.45) is 0 Å². The van der Waals surface area contributed by atoms with Crippen molar-refractivity contribution < 1.29 is 4.79 Å². The summed E-state index contributed by atoms with van der Waals surface area (Å²) in [4.78, 5) is 11.0. The molecule has 72 valence electrons. The van der Waals surface area contributed by atoms with E-state index in [9.17, 15) is 4.79 Å². The number of carbonyl (C=O) groups is 1. The molecule has 1 heterocycles. The zero-order chi connectivity index (χ0) is 8.97. The van der Waals surface area contributed by atoms with Crippen LogP contribution in [0.4, 0.5) is 0 Å². The normalized spacial score (nSPS) is 21.2. The minimum absolute atomic E-state index is 0.467. The molecule has 0 atom stereocenters. The number of nitrogens with zero attached hydrogens (tertiary/aromatic N) is 1. The van der Waals surface area contributed by atoms with Crippen LogP contribution in [0.1, 0.15) is 26.7 Å². The van der Waals surface area contributed by atoms with E-state index in [1.54, 1.807) is 0 Å². The SMILES string of the molecule is CCI(CC)N1CCC(=O)CC1. The minimum atomic E-state index is -0.789. The molecule has 2 nitrogen and oxygen atoms in total. The Morgan fingerprint density at radius 3 is 2.17 bits per heavy atom. The first kappa shape index (κ1) is 10.4. The molecule has 0 amide bonds. The number of Topliss-reactive ketones (excluding diaryl/α,β-unsaturated/α-hetero) is 1. The predicted molar refractivity (Wildman–Crippen MR) is 60.9 cm³/mol. The molecule has 0 spiro atoms. The van der Waals surface area contributed by atoms with Gasteiger partial charge in [0.15, 0.2) is 0 Å². The Morgan fingerprint density at radius 1 is 1.25 bits per heavy atom. The van der Waals surface area contributed by atoms with Gasteiger partial charge in [0.1, 0.15) is 0 Å². The molecule has 1 aliphatic rings. The second kappa shape index (κ2) is 5.17. The van der Waals surface area contributed by atoms with Crippen molar-refractivity contribution in [2.45, 2.75) is 26.7 Å². The second-order valence-corrected chi connectivity index (χ2v) is 9.77. The third-order valence-electron chi connectivity index (χ3n) is 2.22. The van der Waals surface area contributed by atoms with Crippen LogP contribution in [0, 0.1) is 0 Å². The Morgan fingerprint density at radius 2 is 1.75 bits per heavy atom. The van der Waals surface area contributed by atoms with Gasteiger partial charge in [-0.05, 0) is 0 Å². The molecule has 0 saturated carbocycles. The summed E-state index contributed by atoms with van der Waals surface area (Å²) >= 11 is -0.789.